The maximum atomic E-state index is 4.50. The van der Waals surface area contributed by atoms with Crippen molar-refractivity contribution in [1.29, 1.82) is 0 Å². The minimum atomic E-state index is 0.924. The molecule has 0 aliphatic heterocycles. The van der Waals surface area contributed by atoms with Gasteiger partial charge in [-0.15, -0.1) is 0 Å². The highest BCUT2D eigenvalue weighted by Gasteiger charge is 1.74. The van der Waals surface area contributed by atoms with Gasteiger partial charge in [0, 0.05) is 32.0 Å². The van der Waals surface area contributed by atoms with Crippen LogP contribution in [0.2, 0.25) is 0 Å². The van der Waals surface area contributed by atoms with Crippen LogP contribution in [-0.2, 0) is 14.0 Å². The summed E-state index contributed by atoms with van der Waals surface area (Å²) in [5, 5.41) is 0. The highest BCUT2D eigenvalue weighted by Crippen LogP contribution is 1.97. The molecule has 0 spiro atoms. The largest absolute Gasteiger partial charge is 0.388 e. The van der Waals surface area contributed by atoms with Gasteiger partial charge < -0.3 is 10.5 Å². The molecule has 0 saturated carbocycles. The average molecular weight is 215 g/mol. The van der Waals surface area contributed by atoms with Gasteiger partial charge in [0.1, 0.15) is 0 Å². The first-order valence-electron chi connectivity index (χ1n) is 4.13. The summed E-state index contributed by atoms with van der Waals surface area (Å²) in [6.45, 7) is 5.99. The minimum absolute atomic E-state index is 0.924. The lowest BCUT2D eigenvalue weighted by Crippen LogP contribution is -1.75. The second-order valence-electron chi connectivity index (χ2n) is 1.05. The quantitative estimate of drug-likeness (QED) is 0.338. The Hall–Kier alpha value is 0.190. The third-order valence-corrected chi connectivity index (χ3v) is 0.702. The van der Waals surface area contributed by atoms with E-state index in [-0.39, 0.29) is 0 Å². The molecule has 0 amide bonds. The molecule has 86 valence electrons. The molecule has 0 rings (SSSR count). The van der Waals surface area contributed by atoms with Crippen molar-refractivity contribution in [3.8, 4) is 0 Å². The van der Waals surface area contributed by atoms with Gasteiger partial charge in [0.25, 0.3) is 0 Å². The minimum Gasteiger partial charge on any atom is -0.388 e. The first kappa shape index (κ1) is 23.2. The molecule has 2 N–H and O–H groups in total. The number of hydrogen-bond acceptors (Lipinski definition) is 5. The number of nitrogens with two attached hydrogens (primary N) is 1. The van der Waals surface area contributed by atoms with E-state index in [2.05, 4.69) is 19.7 Å². The maximum absolute atomic E-state index is 4.50. The van der Waals surface area contributed by atoms with Crippen LogP contribution < -0.4 is 5.73 Å². The van der Waals surface area contributed by atoms with E-state index in [4.69, 9.17) is 0 Å². The van der Waals surface area contributed by atoms with Gasteiger partial charge in [0.15, 0.2) is 0 Å². The molecule has 0 heterocycles. The Morgan fingerprint density at radius 1 is 1.08 bits per heavy atom. The molecule has 0 saturated heterocycles. The number of rotatable bonds is 3. The van der Waals surface area contributed by atoms with Crippen molar-refractivity contribution < 1.29 is 14.0 Å². The molecule has 4 nitrogen and oxygen atoms in total. The number of ether oxygens (including phenoxy) is 1. The van der Waals surface area contributed by atoms with Crippen molar-refractivity contribution in [1.82, 2.24) is 0 Å². The number of hydrogen-bond donors (Lipinski definition) is 1. The second kappa shape index (κ2) is 56.7. The van der Waals surface area contributed by atoms with E-state index in [0.717, 1.165) is 5.75 Å². The molecular formula is C8H25NO3S. The van der Waals surface area contributed by atoms with Gasteiger partial charge in [-0.2, -0.15) is 4.33 Å². The van der Waals surface area contributed by atoms with Crippen molar-refractivity contribution in [3.05, 3.63) is 0 Å². The molecular weight excluding hydrogens is 190 g/mol. The van der Waals surface area contributed by atoms with Crippen LogP contribution in [0.1, 0.15) is 20.8 Å². The lowest BCUT2D eigenvalue weighted by Gasteiger charge is -1.88. The van der Waals surface area contributed by atoms with E-state index in [1.54, 1.807) is 14.2 Å². The average Bonchev–Trinajstić information content (AvgIpc) is 2.22. The maximum Gasteiger partial charge on any atom is 0.0725 e. The summed E-state index contributed by atoms with van der Waals surface area (Å²) in [7, 11) is 6.24. The van der Waals surface area contributed by atoms with Crippen molar-refractivity contribution in [2.24, 2.45) is 5.73 Å². The lowest BCUT2D eigenvalue weighted by atomic mass is 11.0. The fraction of sp³-hybridized carbons (Fsp3) is 1.00. The Balaban J connectivity index is -0.0000000493. The molecule has 0 bridgehead atoms. The first-order chi connectivity index (χ1) is 6.33. The van der Waals surface area contributed by atoms with Gasteiger partial charge in [0.05, 0.1) is 7.11 Å². The van der Waals surface area contributed by atoms with Crippen molar-refractivity contribution in [3.63, 3.8) is 0 Å². The Morgan fingerprint density at radius 2 is 1.38 bits per heavy atom. The monoisotopic (exact) mass is 215 g/mol. The lowest BCUT2D eigenvalue weighted by molar-refractivity contribution is -0.160. The fourth-order valence-electron chi connectivity index (χ4n) is 0.0962. The summed E-state index contributed by atoms with van der Waals surface area (Å²) in [5.74, 6) is 0.924. The molecule has 0 aromatic heterocycles. The Labute approximate surface area is 87.3 Å². The number of methoxy groups -OCH3 is 1. The van der Waals surface area contributed by atoms with Crippen LogP contribution in [0.15, 0.2) is 0 Å². The van der Waals surface area contributed by atoms with E-state index < -0.39 is 0 Å². The molecule has 0 aliphatic rings. The van der Waals surface area contributed by atoms with Gasteiger partial charge in [-0.25, -0.2) is 4.89 Å². The van der Waals surface area contributed by atoms with Gasteiger partial charge >= 0.3 is 0 Å². The predicted molar refractivity (Wildman–Crippen MR) is 60.6 cm³/mol. The van der Waals surface area contributed by atoms with Gasteiger partial charge in [-0.05, 0) is 7.05 Å². The molecule has 0 fully saturated rings. The zero-order valence-corrected chi connectivity index (χ0v) is 10.7. The zero-order valence-electron chi connectivity index (χ0n) is 9.92. The molecule has 0 aliphatic carbocycles. The zero-order chi connectivity index (χ0) is 11.5. The topological polar surface area (TPSA) is 53.7 Å². The van der Waals surface area contributed by atoms with Crippen LogP contribution in [0, 0.1) is 0 Å². The van der Waals surface area contributed by atoms with Gasteiger partial charge in [0.2, 0.25) is 0 Å². The molecule has 0 radical (unpaired) electrons. The summed E-state index contributed by atoms with van der Waals surface area (Å²) < 4.78 is 8.65. The SMILES string of the molecule is CC.CCSOOC.CN.COC. The first-order valence-corrected chi connectivity index (χ1v) is 5.04. The van der Waals surface area contributed by atoms with Crippen molar-refractivity contribution >= 4 is 12.0 Å². The fourth-order valence-corrected chi connectivity index (χ4v) is 0.289. The van der Waals surface area contributed by atoms with E-state index in [1.807, 2.05) is 20.8 Å². The Bertz CT molecular complexity index is 38.6. The van der Waals surface area contributed by atoms with E-state index in [9.17, 15) is 0 Å². The van der Waals surface area contributed by atoms with Gasteiger partial charge in [-0.3, -0.25) is 0 Å². The Morgan fingerprint density at radius 3 is 1.46 bits per heavy atom. The molecule has 0 aromatic carbocycles. The second-order valence-corrected chi connectivity index (χ2v) is 2.00. The van der Waals surface area contributed by atoms with Crippen molar-refractivity contribution in [2.75, 3.05) is 34.1 Å². The molecule has 0 atom stereocenters. The predicted octanol–water partition coefficient (Wildman–Crippen LogP) is 2.10. The Kier molecular flexibility index (Phi) is 101. The van der Waals surface area contributed by atoms with E-state index in [1.165, 1.54) is 26.2 Å². The van der Waals surface area contributed by atoms with Gasteiger partial charge in [-0.1, -0.05) is 20.8 Å². The molecule has 0 aromatic rings. The summed E-state index contributed by atoms with van der Waals surface area (Å²) in [6.07, 6.45) is 0. The van der Waals surface area contributed by atoms with Crippen LogP contribution in [0.4, 0.5) is 0 Å². The van der Waals surface area contributed by atoms with Crippen LogP contribution in [-0.4, -0.2) is 34.1 Å². The van der Waals surface area contributed by atoms with E-state index >= 15 is 0 Å². The highest BCUT2D eigenvalue weighted by atomic mass is 32.2. The summed E-state index contributed by atoms with van der Waals surface area (Å²) in [6, 6.07) is 0. The summed E-state index contributed by atoms with van der Waals surface area (Å²) in [4.78, 5) is 4.25. The molecule has 0 unspecified atom stereocenters. The normalized spacial score (nSPS) is 6.46. The molecule has 5 heteroatoms. The summed E-state index contributed by atoms with van der Waals surface area (Å²) in [5.41, 5.74) is 4.50. The highest BCUT2D eigenvalue weighted by molar-refractivity contribution is 7.94. The molecule has 13 heavy (non-hydrogen) atoms. The third kappa shape index (κ3) is 124. The smallest absolute Gasteiger partial charge is 0.0725 e. The third-order valence-electron chi connectivity index (χ3n) is 0.234. The van der Waals surface area contributed by atoms with Crippen LogP contribution in [0.3, 0.4) is 0 Å². The summed E-state index contributed by atoms with van der Waals surface area (Å²) >= 11 is 1.29. The van der Waals surface area contributed by atoms with Crippen LogP contribution in [0.25, 0.3) is 0 Å². The van der Waals surface area contributed by atoms with Crippen molar-refractivity contribution in [2.45, 2.75) is 20.8 Å². The van der Waals surface area contributed by atoms with Crippen LogP contribution in [0.5, 0.6) is 0 Å². The van der Waals surface area contributed by atoms with Crippen LogP contribution >= 0.6 is 12.0 Å². The van der Waals surface area contributed by atoms with E-state index in [0.29, 0.717) is 0 Å². The standard InChI is InChI=1S/C3H8O2S.C2H6O.C2H6.CH5N/c1-3-6-5-4-2;1-3-2;2*1-2/h3H2,1-2H3;1-2H3;1-2H3;2H2,1H3.